The summed E-state index contributed by atoms with van der Waals surface area (Å²) in [6.07, 6.45) is 0.0180. The van der Waals surface area contributed by atoms with E-state index in [1.807, 2.05) is 37.3 Å². The molecule has 7 nitrogen and oxygen atoms in total. The Labute approximate surface area is 171 Å². The number of para-hydroxylation sites is 2. The Morgan fingerprint density at radius 3 is 2.46 bits per heavy atom. The van der Waals surface area contributed by atoms with E-state index in [9.17, 15) is 14.4 Å². The molecule has 0 aliphatic carbocycles. The molecule has 0 aliphatic rings. The van der Waals surface area contributed by atoms with E-state index in [1.54, 1.807) is 18.2 Å². The molecule has 28 heavy (non-hydrogen) atoms. The second-order valence-electron chi connectivity index (χ2n) is 5.83. The highest BCUT2D eigenvalue weighted by Crippen LogP contribution is 2.20. The van der Waals surface area contributed by atoms with Crippen LogP contribution in [-0.4, -0.2) is 37.5 Å². The fourth-order valence-electron chi connectivity index (χ4n) is 2.17. The topological polar surface area (TPSA) is 93.7 Å². The third-order valence-electron chi connectivity index (χ3n) is 3.62. The van der Waals surface area contributed by atoms with E-state index < -0.39 is 24.4 Å². The Bertz CT molecular complexity index is 841. The molecule has 0 unspecified atom stereocenters. The van der Waals surface area contributed by atoms with Crippen molar-refractivity contribution in [3.63, 3.8) is 0 Å². The Morgan fingerprint density at radius 1 is 1.00 bits per heavy atom. The standard InChI is InChI=1S/C20H21BrN2O5/c1-14-6-2-5-9-17(14)27-11-10-20(26)28-13-19(25)22-12-18(24)23-16-8-4-3-7-15(16)21/h2-9H,10-13H2,1H3,(H,22,25)(H,23,24). The third-order valence-corrected chi connectivity index (χ3v) is 4.31. The maximum Gasteiger partial charge on any atom is 0.309 e. The monoisotopic (exact) mass is 448 g/mol. The van der Waals surface area contributed by atoms with Crippen LogP contribution in [0.2, 0.25) is 0 Å². The lowest BCUT2D eigenvalue weighted by molar-refractivity contribution is -0.149. The van der Waals surface area contributed by atoms with Crippen molar-refractivity contribution in [1.29, 1.82) is 0 Å². The van der Waals surface area contributed by atoms with Gasteiger partial charge in [0.2, 0.25) is 5.91 Å². The highest BCUT2D eigenvalue weighted by molar-refractivity contribution is 9.10. The molecule has 0 atom stereocenters. The lowest BCUT2D eigenvalue weighted by Gasteiger charge is -2.10. The minimum atomic E-state index is -0.560. The van der Waals surface area contributed by atoms with Crippen LogP contribution in [0.3, 0.4) is 0 Å². The van der Waals surface area contributed by atoms with Crippen LogP contribution in [0.4, 0.5) is 5.69 Å². The van der Waals surface area contributed by atoms with E-state index in [0.29, 0.717) is 11.4 Å². The van der Waals surface area contributed by atoms with Crippen LogP contribution >= 0.6 is 15.9 Å². The minimum Gasteiger partial charge on any atom is -0.493 e. The van der Waals surface area contributed by atoms with Gasteiger partial charge in [-0.25, -0.2) is 0 Å². The first-order chi connectivity index (χ1) is 13.5. The third kappa shape index (κ3) is 7.40. The van der Waals surface area contributed by atoms with Gasteiger partial charge >= 0.3 is 5.97 Å². The van der Waals surface area contributed by atoms with Crippen LogP contribution in [0, 0.1) is 6.92 Å². The highest BCUT2D eigenvalue weighted by atomic mass is 79.9. The molecule has 2 rings (SSSR count). The van der Waals surface area contributed by atoms with Crippen molar-refractivity contribution in [3.8, 4) is 5.75 Å². The summed E-state index contributed by atoms with van der Waals surface area (Å²) in [5, 5.41) is 5.05. The van der Waals surface area contributed by atoms with Crippen LogP contribution in [0.15, 0.2) is 53.0 Å². The largest absolute Gasteiger partial charge is 0.493 e. The molecule has 0 heterocycles. The molecule has 0 spiro atoms. The van der Waals surface area contributed by atoms with Crippen molar-refractivity contribution in [2.45, 2.75) is 13.3 Å². The van der Waals surface area contributed by atoms with Crippen LogP contribution < -0.4 is 15.4 Å². The summed E-state index contributed by atoms with van der Waals surface area (Å²) in [6, 6.07) is 14.6. The van der Waals surface area contributed by atoms with Crippen molar-refractivity contribution in [2.24, 2.45) is 0 Å². The number of amides is 2. The lowest BCUT2D eigenvalue weighted by atomic mass is 10.2. The van der Waals surface area contributed by atoms with E-state index in [1.165, 1.54) is 0 Å². The zero-order valence-corrected chi connectivity index (χ0v) is 17.0. The zero-order valence-electron chi connectivity index (χ0n) is 15.4. The summed E-state index contributed by atoms with van der Waals surface area (Å²) in [6.45, 7) is 1.38. The summed E-state index contributed by atoms with van der Waals surface area (Å²) in [7, 11) is 0. The van der Waals surface area contributed by atoms with E-state index in [-0.39, 0.29) is 19.6 Å². The highest BCUT2D eigenvalue weighted by Gasteiger charge is 2.10. The van der Waals surface area contributed by atoms with Gasteiger partial charge in [-0.1, -0.05) is 30.3 Å². The molecule has 2 aromatic rings. The molecule has 0 aromatic heterocycles. The maximum absolute atomic E-state index is 11.8. The number of halogens is 1. The van der Waals surface area contributed by atoms with E-state index in [4.69, 9.17) is 9.47 Å². The summed E-state index contributed by atoms with van der Waals surface area (Å²) < 4.78 is 11.1. The first kappa shape index (κ1) is 21.4. The molecule has 148 valence electrons. The van der Waals surface area contributed by atoms with Crippen molar-refractivity contribution >= 4 is 39.4 Å². The second kappa shape index (κ2) is 11.1. The summed E-state index contributed by atoms with van der Waals surface area (Å²) in [5.74, 6) is -0.806. The predicted octanol–water partition coefficient (Wildman–Crippen LogP) is 2.82. The van der Waals surface area contributed by atoms with Crippen molar-refractivity contribution in [2.75, 3.05) is 25.1 Å². The van der Waals surface area contributed by atoms with E-state index >= 15 is 0 Å². The Morgan fingerprint density at radius 2 is 1.71 bits per heavy atom. The Balaban J connectivity index is 1.61. The van der Waals surface area contributed by atoms with Crippen LogP contribution in [-0.2, 0) is 19.1 Å². The summed E-state index contributed by atoms with van der Waals surface area (Å²) in [4.78, 5) is 35.2. The van der Waals surface area contributed by atoms with Gasteiger partial charge in [0.15, 0.2) is 6.61 Å². The van der Waals surface area contributed by atoms with Gasteiger partial charge in [0.1, 0.15) is 5.75 Å². The van der Waals surface area contributed by atoms with Gasteiger partial charge in [0.25, 0.3) is 5.91 Å². The average molecular weight is 449 g/mol. The number of benzene rings is 2. The minimum absolute atomic E-state index is 0.0180. The second-order valence-corrected chi connectivity index (χ2v) is 6.68. The maximum atomic E-state index is 11.8. The van der Waals surface area contributed by atoms with E-state index in [2.05, 4.69) is 26.6 Å². The van der Waals surface area contributed by atoms with Gasteiger partial charge in [-0.3, -0.25) is 14.4 Å². The number of anilines is 1. The zero-order chi connectivity index (χ0) is 20.4. The lowest BCUT2D eigenvalue weighted by Crippen LogP contribution is -2.35. The normalized spacial score (nSPS) is 10.1. The average Bonchev–Trinajstić information content (AvgIpc) is 2.68. The SMILES string of the molecule is Cc1ccccc1OCCC(=O)OCC(=O)NCC(=O)Nc1ccccc1Br. The van der Waals surface area contributed by atoms with Crippen molar-refractivity contribution < 1.29 is 23.9 Å². The van der Waals surface area contributed by atoms with Crippen LogP contribution in [0.5, 0.6) is 5.75 Å². The smallest absolute Gasteiger partial charge is 0.309 e. The molecule has 0 aliphatic heterocycles. The first-order valence-corrected chi connectivity index (χ1v) is 9.40. The molecular formula is C20H21BrN2O5. The Hall–Kier alpha value is -2.87. The predicted molar refractivity (Wildman–Crippen MR) is 108 cm³/mol. The first-order valence-electron chi connectivity index (χ1n) is 8.61. The molecular weight excluding hydrogens is 428 g/mol. The Kier molecular flexibility index (Phi) is 8.48. The number of rotatable bonds is 9. The number of aryl methyl sites for hydroxylation is 1. The number of ether oxygens (including phenoxy) is 2. The number of hydrogen-bond donors (Lipinski definition) is 2. The molecule has 2 aromatic carbocycles. The molecule has 8 heteroatoms. The fraction of sp³-hybridized carbons (Fsp3) is 0.250. The number of hydrogen-bond acceptors (Lipinski definition) is 5. The van der Waals surface area contributed by atoms with Gasteiger partial charge in [-0.05, 0) is 46.6 Å². The number of carbonyl (C=O) groups excluding carboxylic acids is 3. The van der Waals surface area contributed by atoms with Crippen LogP contribution in [0.1, 0.15) is 12.0 Å². The quantitative estimate of drug-likeness (QED) is 0.575. The van der Waals surface area contributed by atoms with Gasteiger partial charge in [-0.15, -0.1) is 0 Å². The van der Waals surface area contributed by atoms with Gasteiger partial charge in [-0.2, -0.15) is 0 Å². The summed E-state index contributed by atoms with van der Waals surface area (Å²) in [5.41, 5.74) is 1.57. The summed E-state index contributed by atoms with van der Waals surface area (Å²) >= 11 is 3.32. The van der Waals surface area contributed by atoms with Gasteiger partial charge in [0, 0.05) is 4.47 Å². The van der Waals surface area contributed by atoms with Gasteiger partial charge in [0.05, 0.1) is 25.3 Å². The molecule has 0 saturated carbocycles. The molecule has 0 fully saturated rings. The molecule has 0 radical (unpaired) electrons. The van der Waals surface area contributed by atoms with E-state index in [0.717, 1.165) is 10.0 Å². The molecule has 2 amide bonds. The van der Waals surface area contributed by atoms with Gasteiger partial charge < -0.3 is 20.1 Å². The van der Waals surface area contributed by atoms with Crippen LogP contribution in [0.25, 0.3) is 0 Å². The number of nitrogens with one attached hydrogen (secondary N) is 2. The number of esters is 1. The van der Waals surface area contributed by atoms with Crippen molar-refractivity contribution in [3.05, 3.63) is 58.6 Å². The number of carbonyl (C=O) groups is 3. The van der Waals surface area contributed by atoms with Crippen molar-refractivity contribution in [1.82, 2.24) is 5.32 Å². The molecule has 0 saturated heterocycles. The fourth-order valence-corrected chi connectivity index (χ4v) is 2.55. The molecule has 2 N–H and O–H groups in total. The molecule has 0 bridgehead atoms.